The maximum Gasteiger partial charge on any atom is 0.341 e. The molecule has 30 heavy (non-hydrogen) atoms. The highest BCUT2D eigenvalue weighted by Gasteiger charge is 2.27. The highest BCUT2D eigenvalue weighted by molar-refractivity contribution is 5.92. The summed E-state index contributed by atoms with van der Waals surface area (Å²) < 4.78 is 67.6. The predicted molar refractivity (Wildman–Crippen MR) is 103 cm³/mol. The minimum atomic E-state index is -1.69. The van der Waals surface area contributed by atoms with Crippen LogP contribution in [0, 0.1) is 23.3 Å². The van der Waals surface area contributed by atoms with E-state index in [2.05, 4.69) is 9.64 Å². The number of rotatable bonds is 6. The van der Waals surface area contributed by atoms with Crippen LogP contribution in [0.1, 0.15) is 35.2 Å². The lowest BCUT2D eigenvalue weighted by atomic mass is 10.1. The lowest BCUT2D eigenvalue weighted by molar-refractivity contribution is 0.0597. The quantitative estimate of drug-likeness (QED) is 0.358. The van der Waals surface area contributed by atoms with E-state index in [1.165, 1.54) is 30.3 Å². The molecule has 0 atom stereocenters. The summed E-state index contributed by atoms with van der Waals surface area (Å²) >= 11 is 0. The van der Waals surface area contributed by atoms with Gasteiger partial charge in [0.15, 0.2) is 11.6 Å². The van der Waals surface area contributed by atoms with Crippen molar-refractivity contribution in [3.8, 4) is 11.5 Å². The van der Waals surface area contributed by atoms with E-state index in [1.54, 1.807) is 0 Å². The number of benzene rings is 2. The van der Waals surface area contributed by atoms with Gasteiger partial charge < -0.3 is 9.47 Å². The number of carbonyl (C=O) groups excluding carboxylic acids is 1. The van der Waals surface area contributed by atoms with Gasteiger partial charge in [-0.3, -0.25) is 4.90 Å². The zero-order valence-electron chi connectivity index (χ0n) is 16.4. The fourth-order valence-electron chi connectivity index (χ4n) is 3.27. The molecule has 1 heterocycles. The molecule has 1 aliphatic rings. The van der Waals surface area contributed by atoms with Crippen LogP contribution in [0.2, 0.25) is 0 Å². The minimum Gasteiger partial charge on any atom is -0.465 e. The Labute approximate surface area is 171 Å². The average Bonchev–Trinajstić information content (AvgIpc) is 2.78. The van der Waals surface area contributed by atoms with Crippen molar-refractivity contribution >= 4 is 12.0 Å². The van der Waals surface area contributed by atoms with Crippen LogP contribution in [-0.2, 0) is 4.74 Å². The predicted octanol–water partition coefficient (Wildman–Crippen LogP) is 5.32. The van der Waals surface area contributed by atoms with E-state index in [9.17, 15) is 22.4 Å². The molecule has 2 aromatic rings. The van der Waals surface area contributed by atoms with Crippen molar-refractivity contribution < 1.29 is 31.8 Å². The number of piperidine rings is 1. The Morgan fingerprint density at radius 2 is 1.63 bits per heavy atom. The number of esters is 1. The first-order valence-corrected chi connectivity index (χ1v) is 9.54. The van der Waals surface area contributed by atoms with Gasteiger partial charge in [-0.25, -0.2) is 13.6 Å². The van der Waals surface area contributed by atoms with E-state index < -0.39 is 40.6 Å². The Morgan fingerprint density at radius 3 is 2.27 bits per heavy atom. The maximum atomic E-state index is 14.5. The Kier molecular flexibility index (Phi) is 7.10. The van der Waals surface area contributed by atoms with Crippen LogP contribution >= 0.6 is 0 Å². The van der Waals surface area contributed by atoms with E-state index >= 15 is 0 Å². The summed E-state index contributed by atoms with van der Waals surface area (Å²) in [4.78, 5) is 13.9. The number of hydrogen-bond donors (Lipinski definition) is 0. The topological polar surface area (TPSA) is 38.8 Å². The summed E-state index contributed by atoms with van der Waals surface area (Å²) in [5, 5.41) is 0. The molecule has 1 fully saturated rings. The first kappa shape index (κ1) is 21.8. The van der Waals surface area contributed by atoms with Gasteiger partial charge in [0.25, 0.3) is 0 Å². The number of hydrogen-bond acceptors (Lipinski definition) is 4. The zero-order valence-corrected chi connectivity index (χ0v) is 16.4. The number of ether oxygens (including phenoxy) is 2. The van der Waals surface area contributed by atoms with E-state index in [0.29, 0.717) is 6.54 Å². The van der Waals surface area contributed by atoms with Crippen molar-refractivity contribution in [3.05, 3.63) is 64.7 Å². The zero-order chi connectivity index (χ0) is 21.7. The van der Waals surface area contributed by atoms with Crippen molar-refractivity contribution in [2.45, 2.75) is 19.3 Å². The van der Waals surface area contributed by atoms with Gasteiger partial charge in [-0.1, -0.05) is 30.7 Å². The van der Waals surface area contributed by atoms with Gasteiger partial charge in [-0.15, -0.1) is 0 Å². The Bertz CT molecular complexity index is 927. The third-order valence-electron chi connectivity index (χ3n) is 4.86. The highest BCUT2D eigenvalue weighted by Crippen LogP contribution is 2.35. The maximum absolute atomic E-state index is 14.5. The van der Waals surface area contributed by atoms with Crippen molar-refractivity contribution in [2.75, 3.05) is 26.7 Å². The lowest BCUT2D eigenvalue weighted by Gasteiger charge is -2.24. The molecular formula is C22H21F4NO3. The largest absolute Gasteiger partial charge is 0.465 e. The highest BCUT2D eigenvalue weighted by atomic mass is 19.2. The number of carbonyl (C=O) groups is 1. The monoisotopic (exact) mass is 423 g/mol. The second-order valence-corrected chi connectivity index (χ2v) is 6.85. The molecule has 0 N–H and O–H groups in total. The molecule has 3 rings (SSSR count). The van der Waals surface area contributed by atoms with Gasteiger partial charge in [-0.05, 0) is 38.1 Å². The number of nitrogens with zero attached hydrogens (tertiary/aromatic N) is 1. The van der Waals surface area contributed by atoms with E-state index in [-0.39, 0.29) is 11.3 Å². The minimum absolute atomic E-state index is 0.148. The summed E-state index contributed by atoms with van der Waals surface area (Å²) in [7, 11) is 1.12. The standard InChI is InChI=1S/C22H21F4NO3/c1-29-22(28)14-8-3-4-10-16(14)30-21-19(25)17(23)15(18(24)20(21)26)9-7-13-27-11-5-2-6-12-27/h3-4,7-10H,2,5-6,11-13H2,1H3. The van der Waals surface area contributed by atoms with Gasteiger partial charge in [0.1, 0.15) is 11.3 Å². The number of para-hydroxylation sites is 1. The molecule has 1 aliphatic heterocycles. The molecule has 2 aromatic carbocycles. The van der Waals surface area contributed by atoms with Gasteiger partial charge in [0.05, 0.1) is 12.7 Å². The molecule has 0 bridgehead atoms. The molecule has 0 saturated carbocycles. The Morgan fingerprint density at radius 1 is 1.00 bits per heavy atom. The first-order valence-electron chi connectivity index (χ1n) is 9.54. The van der Waals surface area contributed by atoms with Gasteiger partial charge >= 0.3 is 5.97 Å². The van der Waals surface area contributed by atoms with Gasteiger partial charge in [0.2, 0.25) is 17.4 Å². The second-order valence-electron chi connectivity index (χ2n) is 6.85. The van der Waals surface area contributed by atoms with Crippen LogP contribution in [0.3, 0.4) is 0 Å². The van der Waals surface area contributed by atoms with Crippen molar-refractivity contribution in [1.29, 1.82) is 0 Å². The molecular weight excluding hydrogens is 402 g/mol. The summed E-state index contributed by atoms with van der Waals surface area (Å²) in [6.45, 7) is 2.15. The van der Waals surface area contributed by atoms with Crippen LogP contribution < -0.4 is 4.74 Å². The molecule has 8 heteroatoms. The molecule has 0 unspecified atom stereocenters. The van der Waals surface area contributed by atoms with Crippen LogP contribution in [0.15, 0.2) is 30.3 Å². The molecule has 160 valence electrons. The van der Waals surface area contributed by atoms with Crippen molar-refractivity contribution in [2.24, 2.45) is 0 Å². The Hall–Kier alpha value is -2.87. The molecule has 0 aliphatic carbocycles. The SMILES string of the molecule is COC(=O)c1ccccc1Oc1c(F)c(F)c(C=CCN2CCCCC2)c(F)c1F. The summed E-state index contributed by atoms with van der Waals surface area (Å²) in [5.41, 5.74) is -0.972. The fraction of sp³-hybridized carbons (Fsp3) is 0.318. The van der Waals surface area contributed by atoms with Crippen molar-refractivity contribution in [3.63, 3.8) is 0 Å². The third kappa shape index (κ3) is 4.64. The number of halogens is 4. The summed E-state index contributed by atoms with van der Waals surface area (Å²) in [6, 6.07) is 5.43. The average molecular weight is 423 g/mol. The van der Waals surface area contributed by atoms with E-state index in [4.69, 9.17) is 4.74 Å². The Balaban J connectivity index is 1.89. The van der Waals surface area contributed by atoms with E-state index in [1.807, 2.05) is 0 Å². The molecule has 0 radical (unpaired) electrons. The molecule has 4 nitrogen and oxygen atoms in total. The van der Waals surface area contributed by atoms with Crippen LogP contribution in [0.5, 0.6) is 11.5 Å². The number of methoxy groups -OCH3 is 1. The fourth-order valence-corrected chi connectivity index (χ4v) is 3.27. The normalized spacial score (nSPS) is 14.8. The van der Waals surface area contributed by atoms with Gasteiger partial charge in [0, 0.05) is 6.54 Å². The first-order chi connectivity index (χ1) is 14.4. The van der Waals surface area contributed by atoms with Crippen LogP contribution in [0.4, 0.5) is 17.6 Å². The van der Waals surface area contributed by atoms with Crippen LogP contribution in [0.25, 0.3) is 6.08 Å². The summed E-state index contributed by atoms with van der Waals surface area (Å²) in [5.74, 6) is -8.92. The second kappa shape index (κ2) is 9.75. The van der Waals surface area contributed by atoms with Crippen LogP contribution in [-0.4, -0.2) is 37.6 Å². The number of likely N-dealkylation sites (tertiary alicyclic amines) is 1. The molecule has 0 aromatic heterocycles. The molecule has 0 amide bonds. The smallest absolute Gasteiger partial charge is 0.341 e. The lowest BCUT2D eigenvalue weighted by Crippen LogP contribution is -2.29. The summed E-state index contributed by atoms with van der Waals surface area (Å²) in [6.07, 6.45) is 5.72. The molecule has 0 spiro atoms. The third-order valence-corrected chi connectivity index (χ3v) is 4.86. The molecule has 1 saturated heterocycles. The van der Waals surface area contributed by atoms with Gasteiger partial charge in [-0.2, -0.15) is 8.78 Å². The van der Waals surface area contributed by atoms with Crippen molar-refractivity contribution in [1.82, 2.24) is 4.90 Å². The van der Waals surface area contributed by atoms with E-state index in [0.717, 1.165) is 45.5 Å².